The van der Waals surface area contributed by atoms with Gasteiger partial charge in [0.25, 0.3) is 0 Å². The second-order valence-corrected chi connectivity index (χ2v) is 4.76. The molecule has 0 radical (unpaired) electrons. The van der Waals surface area contributed by atoms with Gasteiger partial charge in [0.15, 0.2) is 11.6 Å². The molecule has 20 heavy (non-hydrogen) atoms. The number of halogens is 3. The van der Waals surface area contributed by atoms with Gasteiger partial charge in [-0.15, -0.1) is 0 Å². The highest BCUT2D eigenvalue weighted by atomic mass is 32.1. The number of hydrogen-bond acceptors (Lipinski definition) is 1. The van der Waals surface area contributed by atoms with Crippen LogP contribution in [0.25, 0.3) is 6.08 Å². The predicted octanol–water partition coefficient (Wildman–Crippen LogP) is 4.84. The van der Waals surface area contributed by atoms with E-state index in [1.165, 1.54) is 6.08 Å². The molecule has 0 N–H and O–H groups in total. The molecular formula is C16H11F3S. The molecule has 0 aromatic heterocycles. The van der Waals surface area contributed by atoms with Crippen LogP contribution >= 0.6 is 12.2 Å². The summed E-state index contributed by atoms with van der Waals surface area (Å²) < 4.78 is 39.9. The van der Waals surface area contributed by atoms with E-state index in [2.05, 4.69) is 0 Å². The monoisotopic (exact) mass is 292 g/mol. The molecule has 0 fully saturated rings. The number of thiocarbonyl (C=S) groups is 1. The van der Waals surface area contributed by atoms with Gasteiger partial charge in [0.2, 0.25) is 0 Å². The number of allylic oxidation sites excluding steroid dienone is 1. The number of hydrogen-bond donors (Lipinski definition) is 0. The SMILES string of the molecule is Cc1ccc(C(=S)C=Cc2c(F)ccc(F)c2F)cc1. The van der Waals surface area contributed by atoms with Crippen LogP contribution in [0, 0.1) is 24.4 Å². The Balaban J connectivity index is 2.28. The molecule has 4 heteroatoms. The van der Waals surface area contributed by atoms with Gasteiger partial charge >= 0.3 is 0 Å². The average molecular weight is 292 g/mol. The highest BCUT2D eigenvalue weighted by molar-refractivity contribution is 7.81. The van der Waals surface area contributed by atoms with Gasteiger partial charge in [-0.05, 0) is 36.8 Å². The van der Waals surface area contributed by atoms with Crippen LogP contribution in [0.1, 0.15) is 16.7 Å². The van der Waals surface area contributed by atoms with Crippen LogP contribution in [0.15, 0.2) is 42.5 Å². The summed E-state index contributed by atoms with van der Waals surface area (Å²) in [5.74, 6) is -3.13. The van der Waals surface area contributed by atoms with E-state index in [9.17, 15) is 13.2 Å². The van der Waals surface area contributed by atoms with Crippen LogP contribution in [0.4, 0.5) is 13.2 Å². The Kier molecular flexibility index (Phi) is 4.35. The first-order chi connectivity index (χ1) is 9.49. The van der Waals surface area contributed by atoms with Crippen LogP contribution in [0.2, 0.25) is 0 Å². The third-order valence-corrected chi connectivity index (χ3v) is 3.19. The topological polar surface area (TPSA) is 0 Å². The van der Waals surface area contributed by atoms with E-state index < -0.39 is 23.0 Å². The van der Waals surface area contributed by atoms with E-state index in [1.54, 1.807) is 0 Å². The first-order valence-electron chi connectivity index (χ1n) is 5.91. The molecule has 2 rings (SSSR count). The van der Waals surface area contributed by atoms with Gasteiger partial charge in [0, 0.05) is 10.4 Å². The quantitative estimate of drug-likeness (QED) is 0.337. The van der Waals surface area contributed by atoms with Gasteiger partial charge in [-0.1, -0.05) is 42.0 Å². The molecule has 0 nitrogen and oxygen atoms in total. The highest BCUT2D eigenvalue weighted by Gasteiger charge is 2.11. The van der Waals surface area contributed by atoms with Crippen molar-refractivity contribution in [1.82, 2.24) is 0 Å². The molecule has 0 atom stereocenters. The molecule has 0 saturated heterocycles. The zero-order valence-electron chi connectivity index (χ0n) is 10.7. The molecule has 0 unspecified atom stereocenters. The van der Waals surface area contributed by atoms with Crippen molar-refractivity contribution in [2.45, 2.75) is 6.92 Å². The maximum absolute atomic E-state index is 13.5. The maximum atomic E-state index is 13.5. The smallest absolute Gasteiger partial charge is 0.168 e. The average Bonchev–Trinajstić information content (AvgIpc) is 2.43. The molecular weight excluding hydrogens is 281 g/mol. The van der Waals surface area contributed by atoms with Gasteiger partial charge in [-0.25, -0.2) is 13.2 Å². The van der Waals surface area contributed by atoms with E-state index in [-0.39, 0.29) is 0 Å². The fraction of sp³-hybridized carbons (Fsp3) is 0.0625. The van der Waals surface area contributed by atoms with E-state index >= 15 is 0 Å². The molecule has 0 saturated carbocycles. The molecule has 0 bridgehead atoms. The Labute approximate surface area is 120 Å². The predicted molar refractivity (Wildman–Crippen MR) is 78.2 cm³/mol. The third kappa shape index (κ3) is 3.14. The van der Waals surface area contributed by atoms with Gasteiger partial charge in [0.05, 0.1) is 0 Å². The molecule has 0 heterocycles. The second kappa shape index (κ2) is 6.01. The van der Waals surface area contributed by atoms with Crippen molar-refractivity contribution in [3.05, 3.63) is 76.6 Å². The maximum Gasteiger partial charge on any atom is 0.168 e. The molecule has 0 spiro atoms. The van der Waals surface area contributed by atoms with Crippen LogP contribution in [-0.2, 0) is 0 Å². The standard InChI is InChI=1S/C16H11F3S/c1-10-2-4-11(5-3-10)15(20)9-6-12-13(17)7-8-14(18)16(12)19/h2-9H,1H3. The summed E-state index contributed by atoms with van der Waals surface area (Å²) in [5, 5.41) is 0. The minimum absolute atomic E-state index is 0.424. The molecule has 2 aromatic carbocycles. The van der Waals surface area contributed by atoms with Gasteiger partial charge in [-0.3, -0.25) is 0 Å². The van der Waals surface area contributed by atoms with Crippen molar-refractivity contribution in [1.29, 1.82) is 0 Å². The Morgan fingerprint density at radius 2 is 1.55 bits per heavy atom. The van der Waals surface area contributed by atoms with Crippen LogP contribution < -0.4 is 0 Å². The zero-order valence-corrected chi connectivity index (χ0v) is 11.5. The lowest BCUT2D eigenvalue weighted by Crippen LogP contribution is -1.95. The highest BCUT2D eigenvalue weighted by Crippen LogP contribution is 2.18. The Morgan fingerprint density at radius 3 is 2.20 bits per heavy atom. The molecule has 102 valence electrons. The normalized spacial score (nSPS) is 11.0. The number of benzene rings is 2. The molecule has 0 amide bonds. The molecule has 0 aliphatic rings. The first kappa shape index (κ1) is 14.5. The van der Waals surface area contributed by atoms with E-state index in [1.807, 2.05) is 31.2 Å². The van der Waals surface area contributed by atoms with Crippen molar-refractivity contribution >= 4 is 23.2 Å². The van der Waals surface area contributed by atoms with Crippen molar-refractivity contribution in [2.24, 2.45) is 0 Å². The third-order valence-electron chi connectivity index (χ3n) is 2.82. The zero-order chi connectivity index (χ0) is 14.7. The van der Waals surface area contributed by atoms with Gasteiger partial charge in [-0.2, -0.15) is 0 Å². The van der Waals surface area contributed by atoms with Crippen LogP contribution in [-0.4, -0.2) is 4.86 Å². The summed E-state index contributed by atoms with van der Waals surface area (Å²) in [4.78, 5) is 0.424. The minimum Gasteiger partial charge on any atom is -0.206 e. The molecule has 2 aromatic rings. The van der Waals surface area contributed by atoms with Gasteiger partial charge < -0.3 is 0 Å². The van der Waals surface area contributed by atoms with E-state index in [0.717, 1.165) is 29.3 Å². The van der Waals surface area contributed by atoms with Crippen molar-refractivity contribution in [3.8, 4) is 0 Å². The van der Waals surface area contributed by atoms with Gasteiger partial charge in [0.1, 0.15) is 5.82 Å². The number of rotatable bonds is 3. The fourth-order valence-corrected chi connectivity index (χ4v) is 1.87. The summed E-state index contributed by atoms with van der Waals surface area (Å²) in [5.41, 5.74) is 1.42. The van der Waals surface area contributed by atoms with Crippen molar-refractivity contribution in [3.63, 3.8) is 0 Å². The summed E-state index contributed by atoms with van der Waals surface area (Å²) in [6.07, 6.45) is 2.54. The second-order valence-electron chi connectivity index (χ2n) is 4.32. The Morgan fingerprint density at radius 1 is 0.950 bits per heavy atom. The Bertz CT molecular complexity index is 673. The molecule has 0 aliphatic carbocycles. The fourth-order valence-electron chi connectivity index (χ4n) is 1.67. The van der Waals surface area contributed by atoms with E-state index in [0.29, 0.717) is 4.86 Å². The van der Waals surface area contributed by atoms with Crippen LogP contribution in [0.5, 0.6) is 0 Å². The summed E-state index contributed by atoms with van der Waals surface area (Å²) in [7, 11) is 0. The lowest BCUT2D eigenvalue weighted by Gasteiger charge is -2.02. The first-order valence-corrected chi connectivity index (χ1v) is 6.32. The lowest BCUT2D eigenvalue weighted by molar-refractivity contribution is 0.492. The lowest BCUT2D eigenvalue weighted by atomic mass is 10.1. The summed E-state index contributed by atoms with van der Waals surface area (Å²) >= 11 is 5.16. The van der Waals surface area contributed by atoms with E-state index in [4.69, 9.17) is 12.2 Å². The Hall–Kier alpha value is -1.94. The van der Waals surface area contributed by atoms with Crippen molar-refractivity contribution in [2.75, 3.05) is 0 Å². The largest absolute Gasteiger partial charge is 0.206 e. The summed E-state index contributed by atoms with van der Waals surface area (Å²) in [6, 6.07) is 9.05. The van der Waals surface area contributed by atoms with Crippen LogP contribution in [0.3, 0.4) is 0 Å². The molecule has 0 aliphatic heterocycles. The number of aryl methyl sites for hydroxylation is 1. The minimum atomic E-state index is -1.21. The van der Waals surface area contributed by atoms with Crippen molar-refractivity contribution < 1.29 is 13.2 Å². The summed E-state index contributed by atoms with van der Waals surface area (Å²) in [6.45, 7) is 1.94.